The molecule has 2 aromatic heterocycles. The van der Waals surface area contributed by atoms with E-state index in [1.54, 1.807) is 0 Å². The van der Waals surface area contributed by atoms with Crippen LogP contribution < -0.4 is 5.32 Å². The molecule has 0 unspecified atom stereocenters. The summed E-state index contributed by atoms with van der Waals surface area (Å²) >= 11 is 1.48. The molecule has 0 radical (unpaired) electrons. The van der Waals surface area contributed by atoms with Gasteiger partial charge in [-0.2, -0.15) is 0 Å². The maximum atomic E-state index is 11.4. The van der Waals surface area contributed by atoms with Crippen LogP contribution in [0, 0.1) is 0 Å². The maximum absolute atomic E-state index is 11.4. The number of nitrogens with zero attached hydrogens (tertiary/aromatic N) is 2. The van der Waals surface area contributed by atoms with E-state index in [2.05, 4.69) is 53.4 Å². The maximum Gasteiger partial charge on any atom is 0.335 e. The Morgan fingerprint density at radius 2 is 1.61 bits per heavy atom. The second-order valence-electron chi connectivity index (χ2n) is 7.36. The lowest BCUT2D eigenvalue weighted by Crippen LogP contribution is -2.05. The second-order valence-corrected chi connectivity index (χ2v) is 8.22. The summed E-state index contributed by atoms with van der Waals surface area (Å²) in [6, 6.07) is 12.2. The van der Waals surface area contributed by atoms with Crippen LogP contribution in [0.4, 0.5) is 11.5 Å². The zero-order valence-electron chi connectivity index (χ0n) is 16.8. The van der Waals surface area contributed by atoms with Crippen molar-refractivity contribution < 1.29 is 19.8 Å². The number of rotatable bonds is 6. The molecule has 0 amide bonds. The largest absolute Gasteiger partial charge is 0.478 e. The van der Waals surface area contributed by atoms with Crippen LogP contribution in [-0.2, 0) is 0 Å². The molecule has 4 rings (SSSR count). The number of carboxylic acid groups (broad SMARTS) is 2. The molecule has 0 bridgehead atoms. The summed E-state index contributed by atoms with van der Waals surface area (Å²) in [5, 5.41) is 24.6. The van der Waals surface area contributed by atoms with Gasteiger partial charge in [0.2, 0.25) is 0 Å². The van der Waals surface area contributed by atoms with Crippen molar-refractivity contribution in [3.63, 3.8) is 0 Å². The van der Waals surface area contributed by atoms with Gasteiger partial charge in [-0.15, -0.1) is 11.3 Å². The van der Waals surface area contributed by atoms with Crippen molar-refractivity contribution in [3.8, 4) is 11.1 Å². The Morgan fingerprint density at radius 1 is 0.968 bits per heavy atom. The molecule has 31 heavy (non-hydrogen) atoms. The summed E-state index contributed by atoms with van der Waals surface area (Å²) in [4.78, 5) is 32.3. The normalized spacial score (nSPS) is 11.1. The molecule has 0 fully saturated rings. The Kier molecular flexibility index (Phi) is 5.39. The summed E-state index contributed by atoms with van der Waals surface area (Å²) in [5.41, 5.74) is 3.28. The van der Waals surface area contributed by atoms with Gasteiger partial charge < -0.3 is 15.5 Å². The van der Waals surface area contributed by atoms with Crippen LogP contribution in [0.3, 0.4) is 0 Å². The number of carboxylic acids is 2. The van der Waals surface area contributed by atoms with Crippen LogP contribution in [0.2, 0.25) is 0 Å². The number of aromatic nitrogens is 2. The number of anilines is 2. The van der Waals surface area contributed by atoms with Crippen molar-refractivity contribution in [2.24, 2.45) is 0 Å². The summed E-state index contributed by atoms with van der Waals surface area (Å²) in [5.74, 6) is -1.51. The predicted octanol–water partition coefficient (Wildman–Crippen LogP) is 5.62. The summed E-state index contributed by atoms with van der Waals surface area (Å²) in [6.45, 7) is 4.28. The first-order valence-corrected chi connectivity index (χ1v) is 10.4. The molecule has 0 aliphatic rings. The highest BCUT2D eigenvalue weighted by Gasteiger charge is 2.16. The van der Waals surface area contributed by atoms with Crippen LogP contribution >= 0.6 is 11.3 Å². The number of hydrogen-bond donors (Lipinski definition) is 3. The molecule has 0 atom stereocenters. The van der Waals surface area contributed by atoms with E-state index < -0.39 is 11.9 Å². The van der Waals surface area contributed by atoms with E-state index in [0.717, 1.165) is 27.4 Å². The van der Waals surface area contributed by atoms with Gasteiger partial charge in [-0.05, 0) is 35.2 Å². The third-order valence-corrected chi connectivity index (χ3v) is 5.83. The molecular formula is C23H19N3O4S. The number of nitrogens with one attached hydrogen (secondary N) is 1. The lowest BCUT2D eigenvalue weighted by atomic mass is 9.99. The van der Waals surface area contributed by atoms with E-state index in [0.29, 0.717) is 17.4 Å². The molecule has 2 aromatic carbocycles. The van der Waals surface area contributed by atoms with E-state index in [1.807, 2.05) is 5.38 Å². The van der Waals surface area contributed by atoms with Crippen LogP contribution in [0.15, 0.2) is 54.2 Å². The van der Waals surface area contributed by atoms with E-state index in [9.17, 15) is 19.8 Å². The summed E-state index contributed by atoms with van der Waals surface area (Å²) in [7, 11) is 0. The van der Waals surface area contributed by atoms with Gasteiger partial charge in [-0.3, -0.25) is 0 Å². The van der Waals surface area contributed by atoms with Gasteiger partial charge in [-0.1, -0.05) is 38.1 Å². The molecule has 3 N–H and O–H groups in total. The van der Waals surface area contributed by atoms with Gasteiger partial charge in [0, 0.05) is 16.6 Å². The smallest absolute Gasteiger partial charge is 0.335 e. The molecule has 4 aromatic rings. The highest BCUT2D eigenvalue weighted by molar-refractivity contribution is 7.17. The quantitative estimate of drug-likeness (QED) is 0.362. The van der Waals surface area contributed by atoms with Crippen molar-refractivity contribution in [3.05, 3.63) is 70.9 Å². The van der Waals surface area contributed by atoms with Gasteiger partial charge in [0.1, 0.15) is 17.0 Å². The van der Waals surface area contributed by atoms with Crippen molar-refractivity contribution in [1.82, 2.24) is 9.97 Å². The number of benzene rings is 2. The van der Waals surface area contributed by atoms with E-state index in [4.69, 9.17) is 0 Å². The minimum Gasteiger partial charge on any atom is -0.478 e. The van der Waals surface area contributed by atoms with Crippen LogP contribution in [-0.4, -0.2) is 32.1 Å². The third kappa shape index (κ3) is 4.10. The molecule has 2 heterocycles. The van der Waals surface area contributed by atoms with Gasteiger partial charge in [-0.25, -0.2) is 19.6 Å². The third-order valence-electron chi connectivity index (χ3n) is 4.95. The molecule has 7 nitrogen and oxygen atoms in total. The number of carbonyl (C=O) groups is 2. The molecule has 8 heteroatoms. The standard InChI is InChI=1S/C23H19N3O4S/c1-12(2)13-3-5-14(6-4-13)18-10-31-21-19(18)20(24-11-25-21)26-17-8-15(22(27)28)7-16(9-17)23(29)30/h3-12H,1-2H3,(H,27,28)(H,29,30)(H,24,25,26). The number of fused-ring (bicyclic) bond motifs is 1. The minimum absolute atomic E-state index is 0.123. The molecule has 0 aliphatic heterocycles. The first-order chi connectivity index (χ1) is 14.8. The van der Waals surface area contributed by atoms with Crippen molar-refractivity contribution in [2.45, 2.75) is 19.8 Å². The van der Waals surface area contributed by atoms with Crippen LogP contribution in [0.1, 0.15) is 46.0 Å². The number of hydrogen-bond acceptors (Lipinski definition) is 6. The Labute approximate surface area is 182 Å². The molecule has 0 spiro atoms. The summed E-state index contributed by atoms with van der Waals surface area (Å²) < 4.78 is 0. The SMILES string of the molecule is CC(C)c1ccc(-c2csc3ncnc(Nc4cc(C(=O)O)cc(C(=O)O)c4)c23)cc1. The molecular weight excluding hydrogens is 414 g/mol. The molecule has 0 saturated carbocycles. The van der Waals surface area contributed by atoms with Crippen LogP contribution in [0.5, 0.6) is 0 Å². The average Bonchev–Trinajstić information content (AvgIpc) is 3.18. The average molecular weight is 433 g/mol. The monoisotopic (exact) mass is 433 g/mol. The first kappa shape index (κ1) is 20.5. The fourth-order valence-electron chi connectivity index (χ4n) is 3.31. The highest BCUT2D eigenvalue weighted by Crippen LogP contribution is 2.38. The topological polar surface area (TPSA) is 112 Å². The fraction of sp³-hybridized carbons (Fsp3) is 0.130. The van der Waals surface area contributed by atoms with Crippen molar-refractivity contribution in [2.75, 3.05) is 5.32 Å². The first-order valence-electron chi connectivity index (χ1n) is 9.54. The van der Waals surface area contributed by atoms with Crippen molar-refractivity contribution >= 4 is 45.0 Å². The van der Waals surface area contributed by atoms with E-state index >= 15 is 0 Å². The molecule has 0 aliphatic carbocycles. The van der Waals surface area contributed by atoms with Crippen molar-refractivity contribution in [1.29, 1.82) is 0 Å². The van der Waals surface area contributed by atoms with Gasteiger partial charge in [0.05, 0.1) is 16.5 Å². The molecule has 0 saturated heterocycles. The van der Waals surface area contributed by atoms with Crippen LogP contribution in [0.25, 0.3) is 21.3 Å². The number of aromatic carboxylic acids is 2. The van der Waals surface area contributed by atoms with Gasteiger partial charge in [0.15, 0.2) is 0 Å². The molecule has 156 valence electrons. The summed E-state index contributed by atoms with van der Waals surface area (Å²) in [6.07, 6.45) is 1.42. The fourth-order valence-corrected chi connectivity index (χ4v) is 4.23. The zero-order valence-corrected chi connectivity index (χ0v) is 17.6. The Morgan fingerprint density at radius 3 is 2.19 bits per heavy atom. The lowest BCUT2D eigenvalue weighted by Gasteiger charge is -2.11. The Balaban J connectivity index is 1.80. The van der Waals surface area contributed by atoms with E-state index in [-0.39, 0.29) is 11.1 Å². The Hall–Kier alpha value is -3.78. The highest BCUT2D eigenvalue weighted by atomic mass is 32.1. The second kappa shape index (κ2) is 8.16. The van der Waals surface area contributed by atoms with E-state index in [1.165, 1.54) is 35.4 Å². The lowest BCUT2D eigenvalue weighted by molar-refractivity contribution is 0.0696. The minimum atomic E-state index is -1.21. The zero-order chi connectivity index (χ0) is 22.1. The Bertz CT molecular complexity index is 1260. The number of thiophene rings is 1. The van der Waals surface area contributed by atoms with Gasteiger partial charge >= 0.3 is 11.9 Å². The predicted molar refractivity (Wildman–Crippen MR) is 121 cm³/mol. The van der Waals surface area contributed by atoms with Gasteiger partial charge in [0.25, 0.3) is 0 Å².